The summed E-state index contributed by atoms with van der Waals surface area (Å²) in [5.74, 6) is -0.203. The molecule has 1 N–H and O–H groups in total. The van der Waals surface area contributed by atoms with E-state index in [0.29, 0.717) is 36.3 Å². The Hall–Kier alpha value is -3.83. The van der Waals surface area contributed by atoms with Gasteiger partial charge in [0.1, 0.15) is 0 Å². The zero-order valence-corrected chi connectivity index (χ0v) is 20.7. The largest absolute Gasteiger partial charge is 0.370 e. The molecule has 35 heavy (non-hydrogen) atoms. The van der Waals surface area contributed by atoms with Crippen molar-refractivity contribution in [3.05, 3.63) is 89.0 Å². The first kappa shape index (κ1) is 24.3. The lowest BCUT2D eigenvalue weighted by molar-refractivity contribution is 0.0768. The summed E-state index contributed by atoms with van der Waals surface area (Å²) in [7, 11) is -3.86. The molecule has 180 valence electrons. The second kappa shape index (κ2) is 10.2. The average Bonchev–Trinajstić information content (AvgIpc) is 3.11. The Morgan fingerprint density at radius 2 is 1.69 bits per heavy atom. The van der Waals surface area contributed by atoms with Crippen molar-refractivity contribution in [2.24, 2.45) is 0 Å². The van der Waals surface area contributed by atoms with Gasteiger partial charge in [-0.15, -0.1) is 0 Å². The minimum absolute atomic E-state index is 0.201. The molecule has 1 aliphatic rings. The number of nitriles is 1. The normalized spacial score (nSPS) is 14.2. The van der Waals surface area contributed by atoms with E-state index in [0.717, 1.165) is 24.2 Å². The summed E-state index contributed by atoms with van der Waals surface area (Å²) in [4.78, 5) is 17.7. The Balaban J connectivity index is 1.52. The average molecular weight is 489 g/mol. The Bertz CT molecular complexity index is 1380. The van der Waals surface area contributed by atoms with Gasteiger partial charge in [-0.2, -0.15) is 5.26 Å². The van der Waals surface area contributed by atoms with Crippen LogP contribution in [0.1, 0.15) is 33.5 Å². The van der Waals surface area contributed by atoms with E-state index >= 15 is 0 Å². The maximum Gasteiger partial charge on any atom is 0.262 e. The maximum atomic E-state index is 13.5. The fourth-order valence-corrected chi connectivity index (χ4v) is 5.66. The molecular formula is C27H28N4O3S. The van der Waals surface area contributed by atoms with Crippen LogP contribution < -0.4 is 9.62 Å². The predicted molar refractivity (Wildman–Crippen MR) is 137 cm³/mol. The molecule has 0 bridgehead atoms. The number of rotatable bonds is 5. The Kier molecular flexibility index (Phi) is 7.08. The van der Waals surface area contributed by atoms with Crippen LogP contribution in [0.15, 0.2) is 71.6 Å². The number of benzene rings is 3. The van der Waals surface area contributed by atoms with Gasteiger partial charge < -0.3 is 9.80 Å². The third kappa shape index (κ3) is 5.47. The molecule has 3 aromatic rings. The van der Waals surface area contributed by atoms with Gasteiger partial charge in [0, 0.05) is 31.9 Å². The number of carbonyl (C=O) groups is 1. The first-order valence-corrected chi connectivity index (χ1v) is 13.0. The highest BCUT2D eigenvalue weighted by Gasteiger charge is 2.25. The maximum absolute atomic E-state index is 13.5. The number of hydrogen-bond acceptors (Lipinski definition) is 5. The van der Waals surface area contributed by atoms with Crippen molar-refractivity contribution in [2.45, 2.75) is 25.2 Å². The van der Waals surface area contributed by atoms with Crippen LogP contribution in [0.3, 0.4) is 0 Å². The van der Waals surface area contributed by atoms with Gasteiger partial charge in [-0.1, -0.05) is 24.3 Å². The van der Waals surface area contributed by atoms with Gasteiger partial charge in [-0.25, -0.2) is 8.42 Å². The molecule has 0 unspecified atom stereocenters. The highest BCUT2D eigenvalue weighted by molar-refractivity contribution is 7.92. The van der Waals surface area contributed by atoms with E-state index in [1.165, 1.54) is 0 Å². The van der Waals surface area contributed by atoms with E-state index in [9.17, 15) is 13.2 Å². The monoisotopic (exact) mass is 488 g/mol. The van der Waals surface area contributed by atoms with Gasteiger partial charge in [0.2, 0.25) is 0 Å². The first-order chi connectivity index (χ1) is 16.8. The van der Waals surface area contributed by atoms with E-state index < -0.39 is 10.0 Å². The van der Waals surface area contributed by atoms with Gasteiger partial charge in [-0.3, -0.25) is 9.52 Å². The number of nitrogens with zero attached hydrogens (tertiary/aromatic N) is 3. The van der Waals surface area contributed by atoms with Crippen molar-refractivity contribution in [1.29, 1.82) is 5.26 Å². The van der Waals surface area contributed by atoms with Crippen molar-refractivity contribution in [3.63, 3.8) is 0 Å². The van der Waals surface area contributed by atoms with Crippen LogP contribution in [0.4, 0.5) is 11.4 Å². The summed E-state index contributed by atoms with van der Waals surface area (Å²) in [5, 5.41) is 9.02. The molecule has 1 aliphatic heterocycles. The summed E-state index contributed by atoms with van der Waals surface area (Å²) in [6.07, 6.45) is 0.780. The molecule has 0 aromatic heterocycles. The summed E-state index contributed by atoms with van der Waals surface area (Å²) >= 11 is 0. The molecule has 1 amide bonds. The van der Waals surface area contributed by atoms with E-state index in [-0.39, 0.29) is 16.5 Å². The number of amides is 1. The van der Waals surface area contributed by atoms with Crippen molar-refractivity contribution in [1.82, 2.24) is 4.90 Å². The molecule has 3 aromatic carbocycles. The number of sulfonamides is 1. The van der Waals surface area contributed by atoms with Crippen LogP contribution in [0.25, 0.3) is 0 Å². The van der Waals surface area contributed by atoms with E-state index in [4.69, 9.17) is 5.26 Å². The fourth-order valence-electron chi connectivity index (χ4n) is 4.25. The molecule has 1 heterocycles. The van der Waals surface area contributed by atoms with Gasteiger partial charge in [-0.05, 0) is 73.9 Å². The second-order valence-electron chi connectivity index (χ2n) is 8.71. The van der Waals surface area contributed by atoms with Crippen LogP contribution in [-0.4, -0.2) is 45.4 Å². The first-order valence-electron chi connectivity index (χ1n) is 11.5. The van der Waals surface area contributed by atoms with Crippen molar-refractivity contribution in [3.8, 4) is 6.07 Å². The highest BCUT2D eigenvalue weighted by atomic mass is 32.2. The Labute approximate surface area is 206 Å². The number of carbonyl (C=O) groups excluding carboxylic acids is 1. The Morgan fingerprint density at radius 3 is 2.43 bits per heavy atom. The molecular weight excluding hydrogens is 460 g/mol. The standard InChI is InChI=1S/C27H28N4O3S/c1-20-8-9-21(2)26(18-20)35(33,34)29-25-7-4-3-6-24(25)27(32)31-15-5-14-30(16-17-31)23-12-10-22(19-28)11-13-23/h3-4,6-13,18,29H,5,14-17H2,1-2H3. The van der Waals surface area contributed by atoms with Crippen LogP contribution >= 0.6 is 0 Å². The van der Waals surface area contributed by atoms with Crippen molar-refractivity contribution in [2.75, 3.05) is 35.8 Å². The molecule has 0 saturated carbocycles. The molecule has 4 rings (SSSR count). The van der Waals surface area contributed by atoms with E-state index in [1.807, 2.05) is 25.1 Å². The summed E-state index contributed by atoms with van der Waals surface area (Å²) in [6, 6.07) is 21.6. The van der Waals surface area contributed by atoms with E-state index in [1.54, 1.807) is 60.4 Å². The molecule has 1 fully saturated rings. The van der Waals surface area contributed by atoms with Gasteiger partial charge >= 0.3 is 0 Å². The van der Waals surface area contributed by atoms with Crippen LogP contribution in [-0.2, 0) is 10.0 Å². The van der Waals surface area contributed by atoms with Gasteiger partial charge in [0.25, 0.3) is 15.9 Å². The van der Waals surface area contributed by atoms with Gasteiger partial charge in [0.15, 0.2) is 0 Å². The lowest BCUT2D eigenvalue weighted by atomic mass is 10.1. The number of aryl methyl sites for hydroxylation is 2. The smallest absolute Gasteiger partial charge is 0.262 e. The molecule has 1 saturated heterocycles. The van der Waals surface area contributed by atoms with Crippen LogP contribution in [0, 0.1) is 25.2 Å². The lowest BCUT2D eigenvalue weighted by Gasteiger charge is -2.24. The number of hydrogen-bond donors (Lipinski definition) is 1. The molecule has 0 atom stereocenters. The lowest BCUT2D eigenvalue weighted by Crippen LogP contribution is -2.35. The molecule has 0 spiro atoms. The zero-order chi connectivity index (χ0) is 25.0. The minimum atomic E-state index is -3.86. The third-order valence-electron chi connectivity index (χ3n) is 6.18. The van der Waals surface area contributed by atoms with Crippen molar-refractivity contribution >= 4 is 27.3 Å². The van der Waals surface area contributed by atoms with E-state index in [2.05, 4.69) is 15.7 Å². The summed E-state index contributed by atoms with van der Waals surface area (Å²) < 4.78 is 29.0. The minimum Gasteiger partial charge on any atom is -0.370 e. The molecule has 0 aliphatic carbocycles. The summed E-state index contributed by atoms with van der Waals surface area (Å²) in [5.41, 5.74) is 3.71. The third-order valence-corrected chi connectivity index (χ3v) is 7.69. The van der Waals surface area contributed by atoms with Crippen molar-refractivity contribution < 1.29 is 13.2 Å². The number of para-hydroxylation sites is 1. The summed E-state index contributed by atoms with van der Waals surface area (Å²) in [6.45, 7) is 6.11. The molecule has 0 radical (unpaired) electrons. The SMILES string of the molecule is Cc1ccc(C)c(S(=O)(=O)Nc2ccccc2C(=O)N2CCCN(c3ccc(C#N)cc3)CC2)c1. The van der Waals surface area contributed by atoms with Crippen LogP contribution in [0.5, 0.6) is 0 Å². The number of anilines is 2. The quantitative estimate of drug-likeness (QED) is 0.577. The predicted octanol–water partition coefficient (Wildman–Crippen LogP) is 4.33. The zero-order valence-electron chi connectivity index (χ0n) is 19.9. The fraction of sp³-hybridized carbons (Fsp3) is 0.259. The topological polar surface area (TPSA) is 93.5 Å². The molecule has 8 heteroatoms. The highest BCUT2D eigenvalue weighted by Crippen LogP contribution is 2.25. The Morgan fingerprint density at radius 1 is 0.943 bits per heavy atom. The molecule has 7 nitrogen and oxygen atoms in total. The van der Waals surface area contributed by atoms with Gasteiger partial charge in [0.05, 0.1) is 27.8 Å². The second-order valence-corrected chi connectivity index (χ2v) is 10.4. The number of nitrogens with one attached hydrogen (secondary N) is 1. The van der Waals surface area contributed by atoms with Crippen LogP contribution in [0.2, 0.25) is 0 Å².